The van der Waals surface area contributed by atoms with Crippen LogP contribution in [0, 0.1) is 0 Å². The van der Waals surface area contributed by atoms with Gasteiger partial charge in [0, 0.05) is 11.8 Å². The normalized spacial score (nSPS) is 13.9. The van der Waals surface area contributed by atoms with E-state index < -0.39 is 5.06 Å². The highest BCUT2D eigenvalue weighted by Crippen LogP contribution is 2.40. The van der Waals surface area contributed by atoms with E-state index >= 15 is 0 Å². The van der Waals surface area contributed by atoms with Crippen LogP contribution in [0.3, 0.4) is 0 Å². The fourth-order valence-corrected chi connectivity index (χ4v) is 3.26. The summed E-state index contributed by atoms with van der Waals surface area (Å²) in [6, 6.07) is 18.8. The van der Waals surface area contributed by atoms with Gasteiger partial charge in [0.15, 0.2) is 5.06 Å². The van der Waals surface area contributed by atoms with E-state index in [1.807, 2.05) is 60.7 Å². The predicted octanol–water partition coefficient (Wildman–Crippen LogP) is 4.24. The monoisotopic (exact) mass is 301 g/mol. The van der Waals surface area contributed by atoms with E-state index in [4.69, 9.17) is 11.6 Å². The predicted molar refractivity (Wildman–Crippen MR) is 82.8 cm³/mol. The Kier molecular flexibility index (Phi) is 3.57. The molecule has 0 saturated heterocycles. The number of hydrogen-bond donors (Lipinski definition) is 1. The molecule has 1 N–H and O–H groups in total. The molecule has 2 aromatic heterocycles. The Morgan fingerprint density at radius 2 is 1.70 bits per heavy atom. The summed E-state index contributed by atoms with van der Waals surface area (Å²) in [5.41, 5.74) is 1.54. The van der Waals surface area contributed by atoms with E-state index in [0.717, 1.165) is 10.6 Å². The van der Waals surface area contributed by atoms with Crippen molar-refractivity contribution in [2.45, 2.75) is 5.06 Å². The first kappa shape index (κ1) is 13.3. The zero-order chi connectivity index (χ0) is 14.0. The second-order valence-electron chi connectivity index (χ2n) is 4.37. The minimum Gasteiger partial charge on any atom is -0.367 e. The highest BCUT2D eigenvalue weighted by Gasteiger charge is 2.30. The molecule has 0 fully saturated rings. The number of rotatable bonds is 3. The molecule has 100 valence electrons. The summed E-state index contributed by atoms with van der Waals surface area (Å²) in [5, 5.41) is 9.07. The third kappa shape index (κ3) is 2.48. The van der Waals surface area contributed by atoms with E-state index in [2.05, 4.69) is 4.98 Å². The lowest BCUT2D eigenvalue weighted by atomic mass is 10.1. The van der Waals surface area contributed by atoms with Gasteiger partial charge in [-0.25, -0.2) is 0 Å². The van der Waals surface area contributed by atoms with Gasteiger partial charge in [0.2, 0.25) is 0 Å². The Labute approximate surface area is 126 Å². The molecule has 0 aliphatic rings. The number of aromatic nitrogens is 1. The van der Waals surface area contributed by atoms with Gasteiger partial charge in [0.25, 0.3) is 0 Å². The lowest BCUT2D eigenvalue weighted by Crippen LogP contribution is -2.17. The largest absolute Gasteiger partial charge is 0.367 e. The van der Waals surface area contributed by atoms with Gasteiger partial charge >= 0.3 is 0 Å². The Balaban J connectivity index is 1.98. The first-order valence-corrected chi connectivity index (χ1v) is 7.36. The Hall–Kier alpha value is -1.68. The van der Waals surface area contributed by atoms with Crippen LogP contribution in [0.1, 0.15) is 10.4 Å². The van der Waals surface area contributed by atoms with Crippen LogP contribution in [0.15, 0.2) is 66.9 Å². The van der Waals surface area contributed by atoms with Crippen LogP contribution in [0.2, 0.25) is 0 Å². The molecule has 3 aromatic rings. The molecule has 0 aliphatic carbocycles. The zero-order valence-corrected chi connectivity index (χ0v) is 12.1. The third-order valence-electron chi connectivity index (χ3n) is 3.01. The molecule has 3 rings (SSSR count). The molecular formula is C16H12ClNOS. The number of pyridine rings is 1. The van der Waals surface area contributed by atoms with Crippen molar-refractivity contribution in [1.82, 2.24) is 4.98 Å². The Morgan fingerprint density at radius 1 is 0.950 bits per heavy atom. The van der Waals surface area contributed by atoms with Crippen LogP contribution in [-0.4, -0.2) is 10.1 Å². The third-order valence-corrected chi connectivity index (χ3v) is 4.76. The quantitative estimate of drug-likeness (QED) is 0.734. The Bertz CT molecular complexity index is 695. The minimum atomic E-state index is -1.50. The standard InChI is InChI=1S/C16H12ClNOS/c17-16(19,12-6-2-1-3-7-12)15-10-9-14(20-15)13-8-4-5-11-18-13/h1-11,19H. The fraction of sp³-hybridized carbons (Fsp3) is 0.0625. The Morgan fingerprint density at radius 3 is 2.40 bits per heavy atom. The smallest absolute Gasteiger partial charge is 0.199 e. The molecule has 0 bridgehead atoms. The van der Waals surface area contributed by atoms with Gasteiger partial charge < -0.3 is 5.11 Å². The minimum absolute atomic E-state index is 0.663. The maximum Gasteiger partial charge on any atom is 0.199 e. The number of benzene rings is 1. The number of thiophene rings is 1. The molecule has 2 nitrogen and oxygen atoms in total. The van der Waals surface area contributed by atoms with Gasteiger partial charge in [-0.2, -0.15) is 0 Å². The second-order valence-corrected chi connectivity index (χ2v) is 6.00. The van der Waals surface area contributed by atoms with Crippen molar-refractivity contribution in [2.75, 3.05) is 0 Å². The zero-order valence-electron chi connectivity index (χ0n) is 10.5. The molecule has 0 spiro atoms. The fourth-order valence-electron chi connectivity index (χ4n) is 1.96. The van der Waals surface area contributed by atoms with E-state index in [0.29, 0.717) is 10.4 Å². The summed E-state index contributed by atoms with van der Waals surface area (Å²) in [4.78, 5) is 5.97. The maximum absolute atomic E-state index is 10.6. The molecule has 1 aromatic carbocycles. The van der Waals surface area contributed by atoms with E-state index in [1.54, 1.807) is 6.20 Å². The van der Waals surface area contributed by atoms with Crippen LogP contribution in [0.25, 0.3) is 10.6 Å². The molecule has 1 unspecified atom stereocenters. The molecular weight excluding hydrogens is 290 g/mol. The van der Waals surface area contributed by atoms with Gasteiger partial charge in [0.05, 0.1) is 15.4 Å². The van der Waals surface area contributed by atoms with Crippen LogP contribution in [0.4, 0.5) is 0 Å². The van der Waals surface area contributed by atoms with Crippen LogP contribution in [0.5, 0.6) is 0 Å². The van der Waals surface area contributed by atoms with Gasteiger partial charge in [-0.3, -0.25) is 4.98 Å². The van der Waals surface area contributed by atoms with Crippen LogP contribution in [-0.2, 0) is 5.06 Å². The number of halogens is 1. The molecule has 1 atom stereocenters. The number of hydrogen-bond acceptors (Lipinski definition) is 3. The molecule has 0 amide bonds. The van der Waals surface area contributed by atoms with Crippen LogP contribution < -0.4 is 0 Å². The van der Waals surface area contributed by atoms with Crippen molar-refractivity contribution in [2.24, 2.45) is 0 Å². The molecule has 0 aliphatic heterocycles. The molecule has 20 heavy (non-hydrogen) atoms. The second kappa shape index (κ2) is 5.37. The number of aliphatic hydroxyl groups is 1. The lowest BCUT2D eigenvalue weighted by Gasteiger charge is -2.19. The van der Waals surface area contributed by atoms with Gasteiger partial charge in [-0.1, -0.05) is 48.0 Å². The van der Waals surface area contributed by atoms with E-state index in [1.165, 1.54) is 11.3 Å². The summed E-state index contributed by atoms with van der Waals surface area (Å²) in [5.74, 6) is 0. The van der Waals surface area contributed by atoms with Crippen molar-refractivity contribution >= 4 is 22.9 Å². The first-order valence-electron chi connectivity index (χ1n) is 6.16. The first-order chi connectivity index (χ1) is 9.68. The summed E-state index contributed by atoms with van der Waals surface area (Å²) in [7, 11) is 0. The molecule has 2 heterocycles. The van der Waals surface area contributed by atoms with Crippen molar-refractivity contribution in [3.05, 3.63) is 77.3 Å². The number of alkyl halides is 1. The highest BCUT2D eigenvalue weighted by atomic mass is 35.5. The summed E-state index contributed by atoms with van der Waals surface area (Å²) >= 11 is 7.78. The molecule has 0 radical (unpaired) electrons. The maximum atomic E-state index is 10.6. The van der Waals surface area contributed by atoms with Crippen molar-refractivity contribution < 1.29 is 5.11 Å². The lowest BCUT2D eigenvalue weighted by molar-refractivity contribution is 0.177. The van der Waals surface area contributed by atoms with E-state index in [-0.39, 0.29) is 0 Å². The van der Waals surface area contributed by atoms with Gasteiger partial charge in [0.1, 0.15) is 0 Å². The summed E-state index contributed by atoms with van der Waals surface area (Å²) < 4.78 is 0. The van der Waals surface area contributed by atoms with Crippen molar-refractivity contribution in [3.8, 4) is 10.6 Å². The van der Waals surface area contributed by atoms with Gasteiger partial charge in [-0.15, -0.1) is 11.3 Å². The average molecular weight is 302 g/mol. The molecule has 0 saturated carbocycles. The number of nitrogens with zero attached hydrogens (tertiary/aromatic N) is 1. The van der Waals surface area contributed by atoms with Gasteiger partial charge in [-0.05, 0) is 24.3 Å². The highest BCUT2D eigenvalue weighted by molar-refractivity contribution is 7.15. The molecule has 4 heteroatoms. The summed E-state index contributed by atoms with van der Waals surface area (Å²) in [6.07, 6.45) is 1.75. The van der Waals surface area contributed by atoms with E-state index in [9.17, 15) is 5.11 Å². The van der Waals surface area contributed by atoms with Crippen LogP contribution >= 0.6 is 22.9 Å². The SMILES string of the molecule is OC(Cl)(c1ccccc1)c1ccc(-c2ccccn2)s1. The average Bonchev–Trinajstić information content (AvgIpc) is 3.00. The topological polar surface area (TPSA) is 33.1 Å². The van der Waals surface area contributed by atoms with Crippen molar-refractivity contribution in [1.29, 1.82) is 0 Å². The summed E-state index contributed by atoms with van der Waals surface area (Å²) in [6.45, 7) is 0. The van der Waals surface area contributed by atoms with Crippen molar-refractivity contribution in [3.63, 3.8) is 0 Å².